The molecule has 0 spiro atoms. The zero-order valence-corrected chi connectivity index (χ0v) is 19.2. The highest BCUT2D eigenvalue weighted by atomic mass is 16.2. The third-order valence-corrected chi connectivity index (χ3v) is 6.81. The van der Waals surface area contributed by atoms with Gasteiger partial charge in [0.15, 0.2) is 0 Å². The van der Waals surface area contributed by atoms with Crippen molar-refractivity contribution in [3.63, 3.8) is 0 Å². The first kappa shape index (κ1) is 20.8. The monoisotopic (exact) mass is 430 g/mol. The SMILES string of the molecule is Cc1cn2nc(C3=CC(=O)N4C=C(C5CCN(C)CC5)N=CC4=CCC3C)cc2c(C)n1. The summed E-state index contributed by atoms with van der Waals surface area (Å²) in [6.07, 6.45) is 12.6. The molecule has 5 rings (SSSR count). The molecule has 1 atom stereocenters. The summed E-state index contributed by atoms with van der Waals surface area (Å²) in [7, 11) is 2.16. The van der Waals surface area contributed by atoms with E-state index in [2.05, 4.69) is 29.9 Å². The average molecular weight is 431 g/mol. The van der Waals surface area contributed by atoms with Gasteiger partial charge in [-0.1, -0.05) is 13.0 Å². The Morgan fingerprint density at radius 2 is 1.94 bits per heavy atom. The number of aryl methyl sites for hydroxylation is 2. The van der Waals surface area contributed by atoms with Crippen LogP contribution < -0.4 is 0 Å². The Labute approximate surface area is 188 Å². The lowest BCUT2D eigenvalue weighted by atomic mass is 9.91. The fourth-order valence-corrected chi connectivity index (χ4v) is 4.83. The van der Waals surface area contributed by atoms with Crippen LogP contribution in [0.25, 0.3) is 11.1 Å². The topological polar surface area (TPSA) is 66.1 Å². The second kappa shape index (κ2) is 8.13. The molecule has 5 heterocycles. The number of hydrogen-bond donors (Lipinski definition) is 0. The van der Waals surface area contributed by atoms with Crippen molar-refractivity contribution in [2.45, 2.75) is 40.0 Å². The summed E-state index contributed by atoms with van der Waals surface area (Å²) in [4.78, 5) is 26.8. The fourth-order valence-electron chi connectivity index (χ4n) is 4.83. The summed E-state index contributed by atoms with van der Waals surface area (Å²) in [6.45, 7) is 8.24. The predicted octanol–water partition coefficient (Wildman–Crippen LogP) is 3.75. The zero-order chi connectivity index (χ0) is 22.4. The first-order valence-electron chi connectivity index (χ1n) is 11.4. The van der Waals surface area contributed by atoms with E-state index in [1.807, 2.05) is 43.0 Å². The maximum absolute atomic E-state index is 13.4. The largest absolute Gasteiger partial charge is 0.306 e. The van der Waals surface area contributed by atoms with E-state index in [1.165, 1.54) is 0 Å². The Morgan fingerprint density at radius 3 is 2.72 bits per heavy atom. The molecule has 3 aliphatic rings. The van der Waals surface area contributed by atoms with Gasteiger partial charge in [0.2, 0.25) is 0 Å². The molecule has 0 radical (unpaired) electrons. The first-order chi connectivity index (χ1) is 15.4. The minimum absolute atomic E-state index is 0.0440. The number of rotatable bonds is 2. The number of carbonyl (C=O) groups excluding carboxylic acids is 1. The molecule has 0 N–H and O–H groups in total. The molecular weight excluding hydrogens is 400 g/mol. The van der Waals surface area contributed by atoms with E-state index in [1.54, 1.807) is 11.0 Å². The molecule has 0 aromatic carbocycles. The van der Waals surface area contributed by atoms with Crippen molar-refractivity contribution in [3.05, 3.63) is 59.1 Å². The molecule has 7 nitrogen and oxygen atoms in total. The summed E-state index contributed by atoms with van der Waals surface area (Å²) < 4.78 is 1.87. The lowest BCUT2D eigenvalue weighted by molar-refractivity contribution is -0.122. The molecule has 166 valence electrons. The van der Waals surface area contributed by atoms with Gasteiger partial charge in [-0.15, -0.1) is 0 Å². The van der Waals surface area contributed by atoms with E-state index in [4.69, 9.17) is 10.1 Å². The minimum Gasteiger partial charge on any atom is -0.306 e. The summed E-state index contributed by atoms with van der Waals surface area (Å²) >= 11 is 0. The van der Waals surface area contributed by atoms with Crippen molar-refractivity contribution < 1.29 is 4.79 Å². The van der Waals surface area contributed by atoms with Gasteiger partial charge in [0.1, 0.15) is 0 Å². The number of fused-ring (bicyclic) bond motifs is 2. The van der Waals surface area contributed by atoms with E-state index in [-0.39, 0.29) is 11.8 Å². The summed E-state index contributed by atoms with van der Waals surface area (Å²) in [5, 5.41) is 4.79. The first-order valence-corrected chi connectivity index (χ1v) is 11.4. The van der Waals surface area contributed by atoms with E-state index >= 15 is 0 Å². The highest BCUT2D eigenvalue weighted by molar-refractivity contribution is 6.01. The highest BCUT2D eigenvalue weighted by Gasteiger charge is 2.27. The number of hydrogen-bond acceptors (Lipinski definition) is 5. The Hall–Kier alpha value is -3.06. The highest BCUT2D eigenvalue weighted by Crippen LogP contribution is 2.33. The number of aromatic nitrogens is 3. The lowest BCUT2D eigenvalue weighted by Crippen LogP contribution is -2.33. The molecule has 1 saturated heterocycles. The summed E-state index contributed by atoms with van der Waals surface area (Å²) in [5.41, 5.74) is 6.50. The molecule has 32 heavy (non-hydrogen) atoms. The standard InChI is InChI=1S/C25H30N6O/c1-16-5-6-20-13-26-23(19-7-9-29(4)10-8-19)15-30(20)25(32)11-21(16)22-12-24-18(3)27-17(2)14-31(24)28-22/h6,11-16,19H,5,7-10H2,1-4H3. The van der Waals surface area contributed by atoms with Gasteiger partial charge in [0, 0.05) is 18.2 Å². The van der Waals surface area contributed by atoms with Crippen LogP contribution >= 0.6 is 0 Å². The van der Waals surface area contributed by atoms with Crippen LogP contribution in [0.5, 0.6) is 0 Å². The second-order valence-electron chi connectivity index (χ2n) is 9.29. The van der Waals surface area contributed by atoms with Crippen LogP contribution in [0, 0.1) is 25.7 Å². The molecule has 2 aromatic rings. The summed E-state index contributed by atoms with van der Waals surface area (Å²) in [5.74, 6) is 0.528. The Bertz CT molecular complexity index is 1190. The Balaban J connectivity index is 1.48. The van der Waals surface area contributed by atoms with E-state index in [0.717, 1.165) is 71.9 Å². The molecule has 3 aliphatic heterocycles. The fraction of sp³-hybridized carbons (Fsp3) is 0.440. The number of carbonyl (C=O) groups is 1. The van der Waals surface area contributed by atoms with Gasteiger partial charge < -0.3 is 4.90 Å². The number of amides is 1. The van der Waals surface area contributed by atoms with Crippen LogP contribution in [0.4, 0.5) is 0 Å². The van der Waals surface area contributed by atoms with Crippen molar-refractivity contribution in [1.82, 2.24) is 24.4 Å². The van der Waals surface area contributed by atoms with Crippen molar-refractivity contribution >= 4 is 23.2 Å². The molecule has 2 aromatic heterocycles. The molecule has 7 heteroatoms. The molecule has 1 unspecified atom stereocenters. The van der Waals surface area contributed by atoms with Crippen LogP contribution in [0.2, 0.25) is 0 Å². The maximum atomic E-state index is 13.4. The van der Waals surface area contributed by atoms with Gasteiger partial charge in [-0.3, -0.25) is 19.7 Å². The number of aliphatic imine (C=N–C) groups is 1. The maximum Gasteiger partial charge on any atom is 0.255 e. The third-order valence-electron chi connectivity index (χ3n) is 6.81. The van der Waals surface area contributed by atoms with Crippen LogP contribution in [0.3, 0.4) is 0 Å². The van der Waals surface area contributed by atoms with E-state index in [9.17, 15) is 4.79 Å². The molecular formula is C25H30N6O. The summed E-state index contributed by atoms with van der Waals surface area (Å²) in [6, 6.07) is 2.04. The van der Waals surface area contributed by atoms with Crippen molar-refractivity contribution in [2.24, 2.45) is 16.8 Å². The molecule has 1 amide bonds. The van der Waals surface area contributed by atoms with Gasteiger partial charge in [-0.25, -0.2) is 4.52 Å². The van der Waals surface area contributed by atoms with Crippen LogP contribution in [0.1, 0.15) is 43.3 Å². The second-order valence-corrected chi connectivity index (χ2v) is 9.29. The van der Waals surface area contributed by atoms with Crippen molar-refractivity contribution in [3.8, 4) is 0 Å². The molecule has 1 fully saturated rings. The van der Waals surface area contributed by atoms with Crippen LogP contribution in [0.15, 0.2) is 47.0 Å². The predicted molar refractivity (Wildman–Crippen MR) is 126 cm³/mol. The van der Waals surface area contributed by atoms with Crippen molar-refractivity contribution in [2.75, 3.05) is 20.1 Å². The van der Waals surface area contributed by atoms with E-state index in [0.29, 0.717) is 5.92 Å². The third kappa shape index (κ3) is 3.81. The number of allylic oxidation sites excluding steroid dienone is 4. The minimum atomic E-state index is -0.0440. The Morgan fingerprint density at radius 1 is 1.16 bits per heavy atom. The zero-order valence-electron chi connectivity index (χ0n) is 19.2. The van der Waals surface area contributed by atoms with Crippen LogP contribution in [-0.4, -0.2) is 56.7 Å². The van der Waals surface area contributed by atoms with Crippen LogP contribution in [-0.2, 0) is 4.79 Å². The normalized spacial score (nSPS) is 22.9. The smallest absolute Gasteiger partial charge is 0.255 e. The Kier molecular flexibility index (Phi) is 5.29. The lowest BCUT2D eigenvalue weighted by Gasteiger charge is -2.32. The van der Waals surface area contributed by atoms with Gasteiger partial charge in [0.25, 0.3) is 5.91 Å². The van der Waals surface area contributed by atoms with Gasteiger partial charge in [-0.2, -0.15) is 5.10 Å². The number of likely N-dealkylation sites (tertiary alicyclic amines) is 1. The quantitative estimate of drug-likeness (QED) is 0.728. The van der Waals surface area contributed by atoms with Crippen molar-refractivity contribution in [1.29, 1.82) is 0 Å². The van der Waals surface area contributed by atoms with Gasteiger partial charge in [-0.05, 0) is 70.8 Å². The number of nitrogens with zero attached hydrogens (tertiary/aromatic N) is 6. The van der Waals surface area contributed by atoms with E-state index < -0.39 is 0 Å². The number of piperidine rings is 1. The molecule has 0 saturated carbocycles. The average Bonchev–Trinajstić information content (AvgIpc) is 3.19. The molecule has 0 aliphatic carbocycles. The molecule has 0 bridgehead atoms. The van der Waals surface area contributed by atoms with Gasteiger partial charge in [0.05, 0.1) is 46.4 Å². The van der Waals surface area contributed by atoms with Gasteiger partial charge >= 0.3 is 0 Å².